The van der Waals surface area contributed by atoms with Crippen molar-refractivity contribution in [1.29, 1.82) is 0 Å². The number of carbonyl (C=O) groups excluding carboxylic acids is 2. The Morgan fingerprint density at radius 2 is 2.08 bits per heavy atom. The van der Waals surface area contributed by atoms with Crippen LogP contribution in [0.25, 0.3) is 0 Å². The number of hydrogen-bond acceptors (Lipinski definition) is 6. The van der Waals surface area contributed by atoms with Crippen LogP contribution in [0.5, 0.6) is 0 Å². The van der Waals surface area contributed by atoms with E-state index in [-0.39, 0.29) is 18.7 Å². The zero-order valence-electron chi connectivity index (χ0n) is 13.1. The van der Waals surface area contributed by atoms with Gasteiger partial charge in [-0.3, -0.25) is 9.80 Å². The van der Waals surface area contributed by atoms with E-state index in [0.29, 0.717) is 11.4 Å². The molecular formula is C17H17N3O4. The van der Waals surface area contributed by atoms with Crippen LogP contribution in [0.4, 0.5) is 5.69 Å². The topological polar surface area (TPSA) is 98.1 Å². The lowest BCUT2D eigenvalue weighted by Crippen LogP contribution is -2.39. The fourth-order valence-electron chi connectivity index (χ4n) is 2.46. The fourth-order valence-corrected chi connectivity index (χ4v) is 2.46. The summed E-state index contributed by atoms with van der Waals surface area (Å²) in [5.41, 5.74) is 7.09. The second-order valence-corrected chi connectivity index (χ2v) is 5.43. The Bertz CT molecular complexity index is 782. The van der Waals surface area contributed by atoms with E-state index in [0.717, 1.165) is 5.56 Å². The summed E-state index contributed by atoms with van der Waals surface area (Å²) in [7, 11) is 0. The van der Waals surface area contributed by atoms with Crippen LogP contribution < -0.4 is 10.7 Å². The zero-order valence-corrected chi connectivity index (χ0v) is 13.1. The summed E-state index contributed by atoms with van der Waals surface area (Å²) < 4.78 is 10.4. The maximum atomic E-state index is 12.2. The summed E-state index contributed by atoms with van der Waals surface area (Å²) >= 11 is 0. The number of para-hydroxylation sites is 1. The van der Waals surface area contributed by atoms with Crippen molar-refractivity contribution in [2.75, 3.05) is 5.01 Å². The normalized spacial score (nSPS) is 16.8. The van der Waals surface area contributed by atoms with Crippen LogP contribution in [0.15, 0.2) is 52.2 Å². The van der Waals surface area contributed by atoms with Crippen molar-refractivity contribution < 1.29 is 18.7 Å². The molecule has 0 fully saturated rings. The Morgan fingerprint density at radius 3 is 2.71 bits per heavy atom. The van der Waals surface area contributed by atoms with E-state index in [1.807, 2.05) is 18.2 Å². The molecule has 0 radical (unpaired) electrons. The lowest BCUT2D eigenvalue weighted by molar-refractivity contribution is -0.136. The monoisotopic (exact) mass is 327 g/mol. The predicted octanol–water partition coefficient (Wildman–Crippen LogP) is 1.75. The highest BCUT2D eigenvalue weighted by molar-refractivity contribution is 6.38. The first-order chi connectivity index (χ1) is 11.6. The number of nitrogens with zero attached hydrogens (tertiary/aromatic N) is 2. The quantitative estimate of drug-likeness (QED) is 0.844. The van der Waals surface area contributed by atoms with Crippen molar-refractivity contribution >= 4 is 23.3 Å². The number of carbonyl (C=O) groups is 2. The van der Waals surface area contributed by atoms with Gasteiger partial charge in [0.2, 0.25) is 5.91 Å². The van der Waals surface area contributed by atoms with Gasteiger partial charge in [-0.05, 0) is 25.1 Å². The van der Waals surface area contributed by atoms with Gasteiger partial charge in [-0.1, -0.05) is 18.2 Å². The SMILES string of the molecule is Cc1occc1COC(=O)C1=NN(c2ccccc2)[C@@H](C(N)=O)C1. The molecule has 7 heteroatoms. The Kier molecular flexibility index (Phi) is 4.33. The molecule has 2 aromatic rings. The molecule has 0 saturated heterocycles. The van der Waals surface area contributed by atoms with Gasteiger partial charge in [0.15, 0.2) is 0 Å². The Hall–Kier alpha value is -3.09. The third-order valence-electron chi connectivity index (χ3n) is 3.82. The molecule has 1 aromatic heterocycles. The number of amides is 1. The van der Waals surface area contributed by atoms with E-state index in [4.69, 9.17) is 14.9 Å². The van der Waals surface area contributed by atoms with Gasteiger partial charge in [0.05, 0.1) is 12.0 Å². The minimum atomic E-state index is -0.703. The summed E-state index contributed by atoms with van der Waals surface area (Å²) in [5.74, 6) is -0.423. The van der Waals surface area contributed by atoms with Crippen LogP contribution in [0.2, 0.25) is 0 Å². The number of anilines is 1. The molecule has 0 aliphatic carbocycles. The Morgan fingerprint density at radius 1 is 1.33 bits per heavy atom. The molecule has 24 heavy (non-hydrogen) atoms. The average Bonchev–Trinajstić information content (AvgIpc) is 3.20. The minimum absolute atomic E-state index is 0.0900. The number of aryl methyl sites for hydroxylation is 1. The van der Waals surface area contributed by atoms with Gasteiger partial charge in [-0.25, -0.2) is 4.79 Å². The van der Waals surface area contributed by atoms with E-state index < -0.39 is 17.9 Å². The van der Waals surface area contributed by atoms with Crippen LogP contribution in [0, 0.1) is 6.92 Å². The Balaban J connectivity index is 1.74. The number of furan rings is 1. The predicted molar refractivity (Wildman–Crippen MR) is 87.2 cm³/mol. The van der Waals surface area contributed by atoms with Crippen molar-refractivity contribution in [1.82, 2.24) is 0 Å². The first-order valence-corrected chi connectivity index (χ1v) is 7.47. The molecule has 1 amide bonds. The largest absolute Gasteiger partial charge is 0.469 e. The first kappa shape index (κ1) is 15.8. The molecule has 0 spiro atoms. The van der Waals surface area contributed by atoms with Crippen molar-refractivity contribution in [3.63, 3.8) is 0 Å². The number of esters is 1. The molecule has 1 atom stereocenters. The highest BCUT2D eigenvalue weighted by Crippen LogP contribution is 2.24. The van der Waals surface area contributed by atoms with Crippen LogP contribution in [-0.2, 0) is 20.9 Å². The van der Waals surface area contributed by atoms with Crippen LogP contribution in [0.1, 0.15) is 17.7 Å². The number of nitrogens with two attached hydrogens (primary N) is 1. The van der Waals surface area contributed by atoms with Gasteiger partial charge < -0.3 is 14.9 Å². The molecule has 1 aromatic carbocycles. The molecule has 0 unspecified atom stereocenters. The number of primary amides is 1. The van der Waals surface area contributed by atoms with E-state index in [1.54, 1.807) is 25.1 Å². The Labute approximate surface area is 138 Å². The van der Waals surface area contributed by atoms with Crippen molar-refractivity contribution in [2.24, 2.45) is 10.8 Å². The number of benzene rings is 1. The van der Waals surface area contributed by atoms with Crippen LogP contribution in [-0.4, -0.2) is 23.6 Å². The second-order valence-electron chi connectivity index (χ2n) is 5.43. The number of ether oxygens (including phenoxy) is 1. The molecule has 1 aliphatic heterocycles. The number of hydrazone groups is 1. The maximum Gasteiger partial charge on any atom is 0.354 e. The van der Waals surface area contributed by atoms with Gasteiger partial charge in [-0.2, -0.15) is 5.10 Å². The highest BCUT2D eigenvalue weighted by Gasteiger charge is 2.35. The smallest absolute Gasteiger partial charge is 0.354 e. The van der Waals surface area contributed by atoms with Gasteiger partial charge in [0, 0.05) is 12.0 Å². The molecule has 2 heterocycles. The lowest BCUT2D eigenvalue weighted by Gasteiger charge is -2.20. The van der Waals surface area contributed by atoms with E-state index in [2.05, 4.69) is 5.10 Å². The third-order valence-corrected chi connectivity index (χ3v) is 3.82. The fraction of sp³-hybridized carbons (Fsp3) is 0.235. The summed E-state index contributed by atoms with van der Waals surface area (Å²) in [6.07, 6.45) is 1.65. The van der Waals surface area contributed by atoms with Crippen LogP contribution >= 0.6 is 0 Å². The van der Waals surface area contributed by atoms with Gasteiger partial charge in [0.25, 0.3) is 0 Å². The maximum absolute atomic E-state index is 12.2. The average molecular weight is 327 g/mol. The number of rotatable bonds is 5. The summed E-state index contributed by atoms with van der Waals surface area (Å²) in [6.45, 7) is 1.88. The summed E-state index contributed by atoms with van der Waals surface area (Å²) in [5, 5.41) is 5.69. The van der Waals surface area contributed by atoms with Crippen molar-refractivity contribution in [2.45, 2.75) is 26.0 Å². The van der Waals surface area contributed by atoms with Gasteiger partial charge in [0.1, 0.15) is 24.1 Å². The second kappa shape index (κ2) is 6.57. The highest BCUT2D eigenvalue weighted by atomic mass is 16.5. The molecule has 1 aliphatic rings. The van der Waals surface area contributed by atoms with Crippen molar-refractivity contribution in [3.8, 4) is 0 Å². The molecule has 2 N–H and O–H groups in total. The van der Waals surface area contributed by atoms with E-state index in [9.17, 15) is 9.59 Å². The number of hydrogen-bond donors (Lipinski definition) is 1. The van der Waals surface area contributed by atoms with E-state index in [1.165, 1.54) is 11.3 Å². The summed E-state index contributed by atoms with van der Waals surface area (Å²) in [6, 6.07) is 10.1. The van der Waals surface area contributed by atoms with Gasteiger partial charge >= 0.3 is 5.97 Å². The molecule has 0 saturated carbocycles. The minimum Gasteiger partial charge on any atom is -0.469 e. The molecular weight excluding hydrogens is 310 g/mol. The van der Waals surface area contributed by atoms with Crippen LogP contribution in [0.3, 0.4) is 0 Å². The molecule has 3 rings (SSSR count). The van der Waals surface area contributed by atoms with E-state index >= 15 is 0 Å². The standard InChI is InChI=1S/C17H17N3O4/c1-11-12(7-8-23-11)10-24-17(22)14-9-15(16(18)21)20(19-14)13-5-3-2-4-6-13/h2-8,15H,9-10H2,1H3,(H2,18,21)/t15-/m1/s1. The molecule has 0 bridgehead atoms. The first-order valence-electron chi connectivity index (χ1n) is 7.47. The molecule has 7 nitrogen and oxygen atoms in total. The third kappa shape index (κ3) is 3.15. The summed E-state index contributed by atoms with van der Waals surface area (Å²) in [4.78, 5) is 23.9. The zero-order chi connectivity index (χ0) is 17.1. The lowest BCUT2D eigenvalue weighted by atomic mass is 10.1. The van der Waals surface area contributed by atoms with Gasteiger partial charge in [-0.15, -0.1) is 0 Å². The molecule has 124 valence electrons. The van der Waals surface area contributed by atoms with Crippen molar-refractivity contribution in [3.05, 3.63) is 54.0 Å².